The van der Waals surface area contributed by atoms with Crippen molar-refractivity contribution in [2.75, 3.05) is 25.0 Å². The van der Waals surface area contributed by atoms with Gasteiger partial charge in [0.15, 0.2) is 5.65 Å². The highest BCUT2D eigenvalue weighted by molar-refractivity contribution is 5.87. The van der Waals surface area contributed by atoms with Crippen LogP contribution in [0, 0.1) is 0 Å². The summed E-state index contributed by atoms with van der Waals surface area (Å²) >= 11 is 0. The van der Waals surface area contributed by atoms with E-state index in [0.717, 1.165) is 5.69 Å². The number of hydrogen-bond donors (Lipinski definition) is 1. The maximum absolute atomic E-state index is 12.5. The van der Waals surface area contributed by atoms with Crippen molar-refractivity contribution in [2.45, 2.75) is 6.10 Å². The molecule has 1 saturated heterocycles. The van der Waals surface area contributed by atoms with E-state index in [-0.39, 0.29) is 18.1 Å². The number of nitrogens with zero attached hydrogens (tertiary/aromatic N) is 6. The molecule has 3 aromatic heterocycles. The number of anilines is 1. The first-order valence-electron chi connectivity index (χ1n) is 7.67. The van der Waals surface area contributed by atoms with Crippen LogP contribution in [0.3, 0.4) is 0 Å². The van der Waals surface area contributed by atoms with Gasteiger partial charge < -0.3 is 9.64 Å². The van der Waals surface area contributed by atoms with Gasteiger partial charge in [0, 0.05) is 26.0 Å². The van der Waals surface area contributed by atoms with Crippen molar-refractivity contribution in [3.8, 4) is 0 Å². The van der Waals surface area contributed by atoms with Crippen molar-refractivity contribution in [1.29, 1.82) is 0 Å². The van der Waals surface area contributed by atoms with Crippen LogP contribution in [0.15, 0.2) is 36.7 Å². The monoisotopic (exact) mass is 327 g/mol. The van der Waals surface area contributed by atoms with E-state index in [2.05, 4.69) is 20.5 Å². The highest BCUT2D eigenvalue weighted by Crippen LogP contribution is 2.21. The van der Waals surface area contributed by atoms with Gasteiger partial charge in [0.1, 0.15) is 6.10 Å². The van der Waals surface area contributed by atoms with Gasteiger partial charge in [0.2, 0.25) is 0 Å². The lowest BCUT2D eigenvalue weighted by Gasteiger charge is -2.32. The minimum absolute atomic E-state index is 0.189. The van der Waals surface area contributed by atoms with Crippen molar-refractivity contribution in [1.82, 2.24) is 29.3 Å². The largest absolute Gasteiger partial charge is 0.368 e. The van der Waals surface area contributed by atoms with Crippen LogP contribution in [-0.2, 0) is 11.8 Å². The van der Waals surface area contributed by atoms with Crippen molar-refractivity contribution in [3.05, 3.63) is 42.4 Å². The Morgan fingerprint density at radius 1 is 1.38 bits per heavy atom. The second-order valence-corrected chi connectivity index (χ2v) is 5.55. The number of ether oxygens (including phenoxy) is 1. The standard InChI is InChI=1S/C15H17N7O2/c1-20-11(5-6-16-20)12-10-21(8-9-24-12)15(23)18-14-17-13-4-2-3-7-22(13)19-14/h2-7,12H,8-10H2,1H3,(H,18,19,23). The molecule has 3 aromatic rings. The van der Waals surface area contributed by atoms with E-state index in [0.29, 0.717) is 25.3 Å². The SMILES string of the molecule is Cn1nccc1C1CN(C(=O)Nc2nc3ccccn3n2)CCO1. The summed E-state index contributed by atoms with van der Waals surface area (Å²) in [5.41, 5.74) is 1.63. The summed E-state index contributed by atoms with van der Waals surface area (Å²) in [7, 11) is 1.86. The Hall–Kier alpha value is -2.94. The molecular weight excluding hydrogens is 310 g/mol. The molecule has 1 N–H and O–H groups in total. The normalized spacial score (nSPS) is 18.0. The average Bonchev–Trinajstić information content (AvgIpc) is 3.20. The maximum Gasteiger partial charge on any atom is 0.324 e. The van der Waals surface area contributed by atoms with Gasteiger partial charge >= 0.3 is 6.03 Å². The Morgan fingerprint density at radius 3 is 3.08 bits per heavy atom. The van der Waals surface area contributed by atoms with Crippen molar-refractivity contribution < 1.29 is 9.53 Å². The lowest BCUT2D eigenvalue weighted by Crippen LogP contribution is -2.44. The minimum atomic E-state index is -0.235. The van der Waals surface area contributed by atoms with Gasteiger partial charge in [-0.25, -0.2) is 9.31 Å². The number of hydrogen-bond acceptors (Lipinski definition) is 5. The van der Waals surface area contributed by atoms with E-state index in [1.54, 1.807) is 26.5 Å². The number of aromatic nitrogens is 5. The summed E-state index contributed by atoms with van der Waals surface area (Å²) in [4.78, 5) is 18.5. The molecule has 1 unspecified atom stereocenters. The van der Waals surface area contributed by atoms with Gasteiger partial charge in [-0.15, -0.1) is 5.10 Å². The molecule has 9 nitrogen and oxygen atoms in total. The van der Waals surface area contributed by atoms with Crippen molar-refractivity contribution >= 4 is 17.6 Å². The number of carbonyl (C=O) groups excluding carboxylic acids is 1. The number of urea groups is 1. The van der Waals surface area contributed by atoms with E-state index in [1.165, 1.54) is 0 Å². The van der Waals surface area contributed by atoms with Crippen LogP contribution in [0.2, 0.25) is 0 Å². The van der Waals surface area contributed by atoms with Crippen LogP contribution < -0.4 is 5.32 Å². The molecule has 9 heteroatoms. The summed E-state index contributed by atoms with van der Waals surface area (Å²) in [5.74, 6) is 0.287. The molecule has 0 aliphatic carbocycles. The van der Waals surface area contributed by atoms with Gasteiger partial charge in [-0.1, -0.05) is 6.07 Å². The Balaban J connectivity index is 1.46. The van der Waals surface area contributed by atoms with E-state index >= 15 is 0 Å². The number of nitrogens with one attached hydrogen (secondary N) is 1. The predicted molar refractivity (Wildman–Crippen MR) is 85.5 cm³/mol. The second-order valence-electron chi connectivity index (χ2n) is 5.55. The Kier molecular flexibility index (Phi) is 3.62. The van der Waals surface area contributed by atoms with Gasteiger partial charge in [0.05, 0.1) is 18.8 Å². The lowest BCUT2D eigenvalue weighted by molar-refractivity contribution is -0.0175. The highest BCUT2D eigenvalue weighted by Gasteiger charge is 2.27. The number of rotatable bonds is 2. The first kappa shape index (κ1) is 14.6. The number of fused-ring (bicyclic) bond motifs is 1. The molecule has 1 fully saturated rings. The van der Waals surface area contributed by atoms with Crippen LogP contribution in [0.1, 0.15) is 11.8 Å². The number of amides is 2. The van der Waals surface area contributed by atoms with Crippen LogP contribution in [-0.4, -0.2) is 55.0 Å². The topological polar surface area (TPSA) is 89.6 Å². The fraction of sp³-hybridized carbons (Fsp3) is 0.333. The Morgan fingerprint density at radius 2 is 2.29 bits per heavy atom. The number of pyridine rings is 1. The Bertz CT molecular complexity index is 838. The van der Waals surface area contributed by atoms with Gasteiger partial charge in [-0.2, -0.15) is 10.1 Å². The Labute approximate surface area is 137 Å². The molecule has 1 aliphatic rings. The van der Waals surface area contributed by atoms with E-state index in [4.69, 9.17) is 4.74 Å². The summed E-state index contributed by atoms with van der Waals surface area (Å²) in [6.45, 7) is 1.45. The third-order valence-corrected chi connectivity index (χ3v) is 4.00. The molecule has 4 heterocycles. The van der Waals surface area contributed by atoms with E-state index < -0.39 is 0 Å². The van der Waals surface area contributed by atoms with E-state index in [9.17, 15) is 4.79 Å². The molecule has 0 aromatic carbocycles. The molecule has 1 atom stereocenters. The summed E-state index contributed by atoms with van der Waals surface area (Å²) in [5, 5.41) is 11.1. The predicted octanol–water partition coefficient (Wildman–Crippen LogP) is 1.07. The molecule has 4 rings (SSSR count). The molecular formula is C15H17N7O2. The van der Waals surface area contributed by atoms with Crippen LogP contribution in [0.25, 0.3) is 5.65 Å². The van der Waals surface area contributed by atoms with Crippen LogP contribution >= 0.6 is 0 Å². The first-order chi connectivity index (χ1) is 11.7. The summed E-state index contributed by atoms with van der Waals surface area (Å²) in [6.07, 6.45) is 3.31. The van der Waals surface area contributed by atoms with Crippen LogP contribution in [0.5, 0.6) is 0 Å². The lowest BCUT2D eigenvalue weighted by atomic mass is 10.2. The third-order valence-electron chi connectivity index (χ3n) is 4.00. The molecule has 0 spiro atoms. The van der Waals surface area contributed by atoms with Crippen LogP contribution in [0.4, 0.5) is 10.7 Å². The maximum atomic E-state index is 12.5. The number of aryl methyl sites for hydroxylation is 1. The van der Waals surface area contributed by atoms with Gasteiger partial charge in [-0.3, -0.25) is 10.00 Å². The van der Waals surface area contributed by atoms with E-state index in [1.807, 2.05) is 31.3 Å². The fourth-order valence-electron chi connectivity index (χ4n) is 2.77. The second kappa shape index (κ2) is 5.93. The third kappa shape index (κ3) is 2.69. The molecule has 24 heavy (non-hydrogen) atoms. The van der Waals surface area contributed by atoms with Gasteiger partial charge in [0.25, 0.3) is 5.95 Å². The highest BCUT2D eigenvalue weighted by atomic mass is 16.5. The molecule has 0 radical (unpaired) electrons. The number of morpholine rings is 1. The zero-order chi connectivity index (χ0) is 16.5. The summed E-state index contributed by atoms with van der Waals surface area (Å²) < 4.78 is 9.14. The first-order valence-corrected chi connectivity index (χ1v) is 7.67. The van der Waals surface area contributed by atoms with Crippen molar-refractivity contribution in [3.63, 3.8) is 0 Å². The number of carbonyl (C=O) groups is 1. The smallest absolute Gasteiger partial charge is 0.324 e. The zero-order valence-electron chi connectivity index (χ0n) is 13.2. The zero-order valence-corrected chi connectivity index (χ0v) is 13.2. The summed E-state index contributed by atoms with van der Waals surface area (Å²) in [6, 6.07) is 7.22. The average molecular weight is 327 g/mol. The minimum Gasteiger partial charge on any atom is -0.368 e. The molecule has 0 bridgehead atoms. The van der Waals surface area contributed by atoms with Crippen molar-refractivity contribution in [2.24, 2.45) is 7.05 Å². The molecule has 2 amide bonds. The van der Waals surface area contributed by atoms with Gasteiger partial charge in [-0.05, 0) is 18.2 Å². The molecule has 1 aliphatic heterocycles. The molecule has 124 valence electrons. The molecule has 0 saturated carbocycles. The fourth-order valence-corrected chi connectivity index (χ4v) is 2.77. The quantitative estimate of drug-likeness (QED) is 0.760.